The van der Waals surface area contributed by atoms with Crippen molar-refractivity contribution in [1.29, 1.82) is 0 Å². The van der Waals surface area contributed by atoms with Gasteiger partial charge in [0, 0.05) is 11.3 Å². The Hall–Kier alpha value is -0.910. The van der Waals surface area contributed by atoms with Crippen LogP contribution in [0.3, 0.4) is 0 Å². The Labute approximate surface area is 99.2 Å². The molecule has 1 heterocycles. The first-order valence-corrected chi connectivity index (χ1v) is 6.56. The van der Waals surface area contributed by atoms with Crippen molar-refractivity contribution in [2.24, 2.45) is 10.7 Å². The van der Waals surface area contributed by atoms with E-state index < -0.39 is 6.09 Å². The number of rotatable bonds is 3. The molecule has 90 valence electrons. The summed E-state index contributed by atoms with van der Waals surface area (Å²) in [5.41, 5.74) is 5.15. The maximum absolute atomic E-state index is 10.3. The van der Waals surface area contributed by atoms with Crippen molar-refractivity contribution in [3.63, 3.8) is 0 Å². The lowest BCUT2D eigenvalue weighted by Crippen LogP contribution is -2.40. The second-order valence-corrected chi connectivity index (χ2v) is 5.22. The van der Waals surface area contributed by atoms with E-state index in [0.717, 1.165) is 10.9 Å². The van der Waals surface area contributed by atoms with Gasteiger partial charge in [-0.05, 0) is 12.8 Å². The highest BCUT2D eigenvalue weighted by Crippen LogP contribution is 2.37. The molecule has 1 aliphatic heterocycles. The van der Waals surface area contributed by atoms with Crippen molar-refractivity contribution in [3.8, 4) is 0 Å². The summed E-state index contributed by atoms with van der Waals surface area (Å²) in [4.78, 5) is 14.7. The molecule has 0 aromatic carbocycles. The minimum atomic E-state index is -0.737. The number of hydrogen-bond acceptors (Lipinski definition) is 4. The fourth-order valence-electron chi connectivity index (χ4n) is 2.21. The summed E-state index contributed by atoms with van der Waals surface area (Å²) in [5, 5.41) is 4.48. The van der Waals surface area contributed by atoms with Gasteiger partial charge in [0.05, 0.1) is 6.54 Å². The van der Waals surface area contributed by atoms with E-state index in [-0.39, 0.29) is 6.61 Å². The van der Waals surface area contributed by atoms with Crippen LogP contribution >= 0.6 is 11.8 Å². The van der Waals surface area contributed by atoms with Crippen LogP contribution in [-0.2, 0) is 4.74 Å². The average molecular weight is 243 g/mol. The largest absolute Gasteiger partial charge is 0.448 e. The molecule has 0 aromatic heterocycles. The molecule has 5 nitrogen and oxygen atoms in total. The SMILES string of the molecule is NC(=O)OCCN=C1NC2(CCCC2)CS1. The maximum Gasteiger partial charge on any atom is 0.404 e. The summed E-state index contributed by atoms with van der Waals surface area (Å²) < 4.78 is 4.61. The van der Waals surface area contributed by atoms with Gasteiger partial charge in [-0.2, -0.15) is 0 Å². The van der Waals surface area contributed by atoms with E-state index in [4.69, 9.17) is 5.73 Å². The third-order valence-electron chi connectivity index (χ3n) is 3.01. The number of carbonyl (C=O) groups is 1. The molecule has 3 N–H and O–H groups in total. The number of nitrogens with two attached hydrogens (primary N) is 1. The van der Waals surface area contributed by atoms with E-state index >= 15 is 0 Å². The number of carbonyl (C=O) groups excluding carboxylic acids is 1. The number of ether oxygens (including phenoxy) is 1. The van der Waals surface area contributed by atoms with Crippen molar-refractivity contribution in [1.82, 2.24) is 5.32 Å². The molecule has 0 aromatic rings. The molecule has 0 radical (unpaired) electrons. The Morgan fingerprint density at radius 3 is 3.00 bits per heavy atom. The molecule has 1 saturated carbocycles. The summed E-state index contributed by atoms with van der Waals surface area (Å²) >= 11 is 1.76. The fraction of sp³-hybridized carbons (Fsp3) is 0.800. The zero-order valence-electron chi connectivity index (χ0n) is 9.20. The van der Waals surface area contributed by atoms with E-state index in [1.54, 1.807) is 11.8 Å². The smallest absolute Gasteiger partial charge is 0.404 e. The van der Waals surface area contributed by atoms with E-state index in [1.165, 1.54) is 25.7 Å². The van der Waals surface area contributed by atoms with Crippen molar-refractivity contribution < 1.29 is 9.53 Å². The van der Waals surface area contributed by atoms with E-state index in [9.17, 15) is 4.79 Å². The van der Waals surface area contributed by atoms with E-state index in [2.05, 4.69) is 15.0 Å². The third-order valence-corrected chi connectivity index (χ3v) is 4.21. The fourth-order valence-corrected chi connectivity index (χ4v) is 3.45. The quantitative estimate of drug-likeness (QED) is 0.727. The Kier molecular flexibility index (Phi) is 3.58. The zero-order valence-corrected chi connectivity index (χ0v) is 10.0. The van der Waals surface area contributed by atoms with Crippen LogP contribution in [-0.4, -0.2) is 35.7 Å². The number of nitrogens with zero attached hydrogens (tertiary/aromatic N) is 1. The molecular weight excluding hydrogens is 226 g/mol. The van der Waals surface area contributed by atoms with Crippen molar-refractivity contribution in [2.45, 2.75) is 31.2 Å². The van der Waals surface area contributed by atoms with Gasteiger partial charge in [-0.3, -0.25) is 4.99 Å². The molecule has 6 heteroatoms. The highest BCUT2D eigenvalue weighted by atomic mass is 32.2. The summed E-state index contributed by atoms with van der Waals surface area (Å²) in [5.74, 6) is 1.11. The summed E-state index contributed by atoms with van der Waals surface area (Å²) in [6.07, 6.45) is 4.38. The van der Waals surface area contributed by atoms with Gasteiger partial charge in [0.25, 0.3) is 0 Å². The van der Waals surface area contributed by atoms with Crippen molar-refractivity contribution in [3.05, 3.63) is 0 Å². The van der Waals surface area contributed by atoms with Gasteiger partial charge in [-0.25, -0.2) is 4.79 Å². The highest BCUT2D eigenvalue weighted by Gasteiger charge is 2.39. The second-order valence-electron chi connectivity index (χ2n) is 4.26. The molecule has 2 aliphatic rings. The first kappa shape index (κ1) is 11.6. The molecule has 0 unspecified atom stereocenters. The zero-order chi connectivity index (χ0) is 11.4. The van der Waals surface area contributed by atoms with Crippen molar-refractivity contribution >= 4 is 23.0 Å². The van der Waals surface area contributed by atoms with Crippen LogP contribution in [0.5, 0.6) is 0 Å². The Bertz CT molecular complexity index is 300. The number of hydrogen-bond donors (Lipinski definition) is 2. The van der Waals surface area contributed by atoms with Crippen LogP contribution in [0, 0.1) is 0 Å². The van der Waals surface area contributed by atoms with Gasteiger partial charge < -0.3 is 15.8 Å². The molecule has 2 rings (SSSR count). The van der Waals surface area contributed by atoms with Crippen LogP contribution < -0.4 is 11.1 Å². The maximum atomic E-state index is 10.3. The predicted octanol–water partition coefficient (Wildman–Crippen LogP) is 1.09. The lowest BCUT2D eigenvalue weighted by molar-refractivity contribution is 0.160. The van der Waals surface area contributed by atoms with Gasteiger partial charge in [-0.1, -0.05) is 24.6 Å². The Morgan fingerprint density at radius 1 is 1.56 bits per heavy atom. The number of nitrogens with one attached hydrogen (secondary N) is 1. The first-order valence-electron chi connectivity index (χ1n) is 5.58. The topological polar surface area (TPSA) is 76.7 Å². The normalized spacial score (nSPS) is 24.9. The van der Waals surface area contributed by atoms with E-state index in [1.807, 2.05) is 0 Å². The molecule has 1 spiro atoms. The van der Waals surface area contributed by atoms with Crippen LogP contribution in [0.1, 0.15) is 25.7 Å². The van der Waals surface area contributed by atoms with Gasteiger partial charge in [0.1, 0.15) is 6.61 Å². The van der Waals surface area contributed by atoms with Crippen LogP contribution in [0.15, 0.2) is 4.99 Å². The minimum absolute atomic E-state index is 0.258. The minimum Gasteiger partial charge on any atom is -0.448 e. The lowest BCUT2D eigenvalue weighted by Gasteiger charge is -2.21. The lowest BCUT2D eigenvalue weighted by atomic mass is 10.0. The molecule has 1 saturated heterocycles. The third kappa shape index (κ3) is 2.81. The van der Waals surface area contributed by atoms with Crippen molar-refractivity contribution in [2.75, 3.05) is 18.9 Å². The summed E-state index contributed by atoms with van der Waals surface area (Å²) in [6.45, 7) is 0.739. The van der Waals surface area contributed by atoms with Crippen LogP contribution in [0.2, 0.25) is 0 Å². The molecule has 1 amide bonds. The first-order chi connectivity index (χ1) is 7.70. The standard InChI is InChI=1S/C10H17N3O2S/c11-8(14)15-6-5-12-9-13-10(7-16-9)3-1-2-4-10/h1-7H2,(H2,11,14)(H,12,13). The molecule has 0 atom stereocenters. The van der Waals surface area contributed by atoms with Crippen LogP contribution in [0.25, 0.3) is 0 Å². The number of amides is 1. The molecule has 16 heavy (non-hydrogen) atoms. The van der Waals surface area contributed by atoms with Crippen LogP contribution in [0.4, 0.5) is 4.79 Å². The second kappa shape index (κ2) is 4.95. The molecule has 2 fully saturated rings. The van der Waals surface area contributed by atoms with Gasteiger partial charge in [-0.15, -0.1) is 0 Å². The average Bonchev–Trinajstić information content (AvgIpc) is 2.85. The van der Waals surface area contributed by atoms with E-state index in [0.29, 0.717) is 12.1 Å². The summed E-state index contributed by atoms with van der Waals surface area (Å²) in [7, 11) is 0. The monoisotopic (exact) mass is 243 g/mol. The number of aliphatic imine (C=N–C) groups is 1. The van der Waals surface area contributed by atoms with Gasteiger partial charge in [0.2, 0.25) is 0 Å². The number of thioether (sulfide) groups is 1. The van der Waals surface area contributed by atoms with Gasteiger partial charge in [0.15, 0.2) is 5.17 Å². The molecule has 0 bridgehead atoms. The molecule has 1 aliphatic carbocycles. The molecular formula is C10H17N3O2S. The highest BCUT2D eigenvalue weighted by molar-refractivity contribution is 8.14. The Balaban J connectivity index is 1.75. The van der Waals surface area contributed by atoms with Gasteiger partial charge >= 0.3 is 6.09 Å². The number of primary amides is 1. The Morgan fingerprint density at radius 2 is 2.31 bits per heavy atom. The predicted molar refractivity (Wildman–Crippen MR) is 64.6 cm³/mol. The number of amidine groups is 1. The summed E-state index contributed by atoms with van der Waals surface area (Å²) in [6, 6.07) is 0.